The summed E-state index contributed by atoms with van der Waals surface area (Å²) < 4.78 is 33.8. The van der Waals surface area contributed by atoms with Crippen LogP contribution in [-0.2, 0) is 19.6 Å². The van der Waals surface area contributed by atoms with Gasteiger partial charge in [-0.05, 0) is 43.9 Å². The van der Waals surface area contributed by atoms with Gasteiger partial charge in [0.2, 0.25) is 10.0 Å². The molecule has 1 atom stereocenters. The molecule has 0 N–H and O–H groups in total. The van der Waals surface area contributed by atoms with Crippen molar-refractivity contribution in [2.75, 3.05) is 31.4 Å². The van der Waals surface area contributed by atoms with E-state index in [0.29, 0.717) is 17.8 Å². The van der Waals surface area contributed by atoms with Crippen LogP contribution >= 0.6 is 11.8 Å². The third-order valence-corrected chi connectivity index (χ3v) is 8.39. The summed E-state index contributed by atoms with van der Waals surface area (Å²) >= 11 is 1.46. The molecule has 1 heterocycles. The zero-order valence-corrected chi connectivity index (χ0v) is 21.1. The van der Waals surface area contributed by atoms with Gasteiger partial charge < -0.3 is 9.64 Å². The van der Waals surface area contributed by atoms with Gasteiger partial charge in [0.25, 0.3) is 0 Å². The predicted octanol–water partition coefficient (Wildman–Crippen LogP) is 4.65. The summed E-state index contributed by atoms with van der Waals surface area (Å²) in [6, 6.07) is 13.1. The molecule has 0 bridgehead atoms. The van der Waals surface area contributed by atoms with Crippen LogP contribution in [-0.4, -0.2) is 51.2 Å². The molecule has 176 valence electrons. The first-order chi connectivity index (χ1) is 15.8. The van der Waals surface area contributed by atoms with Crippen molar-refractivity contribution >= 4 is 39.1 Å². The minimum atomic E-state index is -3.78. The number of likely N-dealkylation sites (N-methyl/N-ethyl adjacent to an activating group) is 1. The number of carbonyl (C=O) groups excluding carboxylic acids is 1. The molecular weight excluding hydrogens is 456 g/mol. The third kappa shape index (κ3) is 5.55. The second kappa shape index (κ2) is 11.1. The summed E-state index contributed by atoms with van der Waals surface area (Å²) in [7, 11) is -2.12. The predicted molar refractivity (Wildman–Crippen MR) is 133 cm³/mol. The molecule has 0 radical (unpaired) electrons. The Morgan fingerprint density at radius 1 is 1.21 bits per heavy atom. The van der Waals surface area contributed by atoms with E-state index in [1.165, 1.54) is 16.1 Å². The van der Waals surface area contributed by atoms with Crippen LogP contribution in [0.25, 0.3) is 0 Å². The second-order valence-corrected chi connectivity index (χ2v) is 10.6. The molecule has 1 aliphatic rings. The third-order valence-electron chi connectivity index (χ3n) is 5.67. The number of benzene rings is 2. The molecule has 2 aromatic rings. The number of anilines is 2. The molecule has 0 saturated heterocycles. The lowest BCUT2D eigenvalue weighted by atomic mass is 10.1. The molecule has 8 heteroatoms. The normalized spacial score (nSPS) is 17.5. The number of ether oxygens (including phenoxy) is 1. The van der Waals surface area contributed by atoms with Gasteiger partial charge in [-0.25, -0.2) is 13.2 Å². The number of hydrogen-bond donors (Lipinski definition) is 0. The van der Waals surface area contributed by atoms with Crippen LogP contribution < -0.4 is 4.90 Å². The van der Waals surface area contributed by atoms with Crippen molar-refractivity contribution in [3.63, 3.8) is 0 Å². The van der Waals surface area contributed by atoms with E-state index in [2.05, 4.69) is 23.7 Å². The number of hydrogen-bond acceptors (Lipinski definition) is 6. The Bertz CT molecular complexity index is 1150. The van der Waals surface area contributed by atoms with Crippen molar-refractivity contribution in [1.82, 2.24) is 4.31 Å². The summed E-state index contributed by atoms with van der Waals surface area (Å²) in [5.74, 6) is 4.66. The van der Waals surface area contributed by atoms with Gasteiger partial charge in [0.05, 0.1) is 12.3 Å². The average Bonchev–Trinajstić information content (AvgIpc) is 2.89. The first-order valence-corrected chi connectivity index (χ1v) is 13.7. The smallest absolute Gasteiger partial charge is 0.384 e. The van der Waals surface area contributed by atoms with Gasteiger partial charge in [-0.3, -0.25) is 0 Å². The Labute approximate surface area is 201 Å². The number of sulfonamides is 1. The number of nitrogens with zero attached hydrogens (tertiary/aromatic N) is 2. The molecule has 1 unspecified atom stereocenters. The number of esters is 1. The van der Waals surface area contributed by atoms with Gasteiger partial charge in [0.1, 0.15) is 4.90 Å². The largest absolute Gasteiger partial charge is 0.456 e. The van der Waals surface area contributed by atoms with Gasteiger partial charge >= 0.3 is 5.97 Å². The van der Waals surface area contributed by atoms with E-state index in [-0.39, 0.29) is 17.5 Å². The fourth-order valence-corrected chi connectivity index (χ4v) is 5.99. The van der Waals surface area contributed by atoms with E-state index >= 15 is 0 Å². The van der Waals surface area contributed by atoms with Crippen molar-refractivity contribution in [2.24, 2.45) is 0 Å². The summed E-state index contributed by atoms with van der Waals surface area (Å²) in [5.41, 5.74) is 2.05. The van der Waals surface area contributed by atoms with Gasteiger partial charge in [-0.15, -0.1) is 11.8 Å². The molecule has 6 nitrogen and oxygen atoms in total. The van der Waals surface area contributed by atoms with Crippen LogP contribution in [0, 0.1) is 11.8 Å². The average molecular weight is 487 g/mol. The van der Waals surface area contributed by atoms with E-state index in [4.69, 9.17) is 4.74 Å². The van der Waals surface area contributed by atoms with Crippen LogP contribution in [0.5, 0.6) is 0 Å². The highest BCUT2D eigenvalue weighted by Crippen LogP contribution is 2.40. The van der Waals surface area contributed by atoms with Crippen LogP contribution in [0.2, 0.25) is 0 Å². The highest BCUT2D eigenvalue weighted by molar-refractivity contribution is 7.98. The maximum Gasteiger partial charge on any atom is 0.384 e. The fraction of sp³-hybridized carbons (Fsp3) is 0.400. The zero-order chi connectivity index (χ0) is 24.0. The van der Waals surface area contributed by atoms with Crippen LogP contribution in [0.15, 0.2) is 52.3 Å². The Hall–Kier alpha value is -2.47. The lowest BCUT2D eigenvalue weighted by Gasteiger charge is -2.29. The van der Waals surface area contributed by atoms with Crippen molar-refractivity contribution in [2.45, 2.75) is 48.9 Å². The maximum absolute atomic E-state index is 13.7. The molecule has 0 fully saturated rings. The van der Waals surface area contributed by atoms with Gasteiger partial charge in [0, 0.05) is 41.7 Å². The Balaban J connectivity index is 2.22. The Kier molecular flexibility index (Phi) is 8.46. The maximum atomic E-state index is 13.7. The van der Waals surface area contributed by atoms with Gasteiger partial charge in [-0.1, -0.05) is 43.9 Å². The van der Waals surface area contributed by atoms with E-state index in [1.54, 1.807) is 20.0 Å². The molecule has 0 spiro atoms. The summed E-state index contributed by atoms with van der Waals surface area (Å²) in [6.45, 7) is 4.60. The van der Waals surface area contributed by atoms with Gasteiger partial charge in [-0.2, -0.15) is 4.31 Å². The van der Waals surface area contributed by atoms with Crippen molar-refractivity contribution in [1.29, 1.82) is 0 Å². The fourth-order valence-electron chi connectivity index (χ4n) is 3.86. The molecule has 1 aliphatic heterocycles. The minimum Gasteiger partial charge on any atom is -0.456 e. The number of para-hydroxylation sites is 1. The molecule has 2 aromatic carbocycles. The minimum absolute atomic E-state index is 0.172. The highest BCUT2D eigenvalue weighted by Gasteiger charge is 2.37. The molecule has 0 amide bonds. The monoisotopic (exact) mass is 486 g/mol. The number of fused-ring (bicyclic) bond motifs is 1. The van der Waals surface area contributed by atoms with Crippen LogP contribution in [0.1, 0.15) is 38.7 Å². The second-order valence-electron chi connectivity index (χ2n) is 7.75. The summed E-state index contributed by atoms with van der Waals surface area (Å²) in [4.78, 5) is 14.9. The Morgan fingerprint density at radius 3 is 2.58 bits per heavy atom. The number of carbonyl (C=O) groups is 1. The summed E-state index contributed by atoms with van der Waals surface area (Å²) in [6.07, 6.45) is 4.61. The molecule has 0 aliphatic carbocycles. The van der Waals surface area contributed by atoms with Crippen LogP contribution in [0.3, 0.4) is 0 Å². The van der Waals surface area contributed by atoms with E-state index in [9.17, 15) is 13.2 Å². The van der Waals surface area contributed by atoms with Crippen molar-refractivity contribution < 1.29 is 17.9 Å². The number of unbranched alkanes of at least 4 members (excludes halogenated alkanes) is 1. The standard InChI is InChI=1S/C25H30N2O4S2/c1-5-7-11-21-18-27(20-12-9-8-10-13-20)22-17-23(32-4)19(14-15-25(28)31-6-2)16-24(22)33(29,30)26(21)3/h8-10,12-13,16-17,21H,5-7,11,18H2,1-4H3. The molecule has 3 rings (SSSR count). The zero-order valence-electron chi connectivity index (χ0n) is 19.5. The van der Waals surface area contributed by atoms with Crippen LogP contribution in [0.4, 0.5) is 11.4 Å². The van der Waals surface area contributed by atoms with E-state index < -0.39 is 16.0 Å². The molecular formula is C25H30N2O4S2. The SMILES string of the molecule is CCCCC1CN(c2ccccc2)c2cc(SC)c(C#CC(=O)OCC)cc2S(=O)(=O)N1C. The van der Waals surface area contributed by atoms with Gasteiger partial charge in [0.15, 0.2) is 0 Å². The first-order valence-electron chi connectivity index (χ1n) is 11.0. The van der Waals surface area contributed by atoms with Crippen molar-refractivity contribution in [3.8, 4) is 11.8 Å². The number of rotatable bonds is 6. The highest BCUT2D eigenvalue weighted by atomic mass is 32.2. The van der Waals surface area contributed by atoms with E-state index in [0.717, 1.165) is 29.8 Å². The topological polar surface area (TPSA) is 66.9 Å². The first kappa shape index (κ1) is 25.2. The quantitative estimate of drug-likeness (QED) is 0.336. The number of thioether (sulfide) groups is 1. The molecule has 0 saturated carbocycles. The summed E-state index contributed by atoms with van der Waals surface area (Å²) in [5, 5.41) is 0. The molecule has 0 aromatic heterocycles. The van der Waals surface area contributed by atoms with Crippen molar-refractivity contribution in [3.05, 3.63) is 48.0 Å². The molecule has 33 heavy (non-hydrogen) atoms. The Morgan fingerprint density at radius 2 is 1.94 bits per heavy atom. The van der Waals surface area contributed by atoms with E-state index in [1.807, 2.05) is 42.7 Å². The lowest BCUT2D eigenvalue weighted by molar-refractivity contribution is -0.136. The lowest BCUT2D eigenvalue weighted by Crippen LogP contribution is -2.40.